The summed E-state index contributed by atoms with van der Waals surface area (Å²) in [4.78, 5) is 0.244. The third-order valence-electron chi connectivity index (χ3n) is 2.98. The van der Waals surface area contributed by atoms with Gasteiger partial charge in [-0.1, -0.05) is 0 Å². The van der Waals surface area contributed by atoms with Crippen molar-refractivity contribution in [3.63, 3.8) is 0 Å². The summed E-state index contributed by atoms with van der Waals surface area (Å²) >= 11 is 7.90. The highest BCUT2D eigenvalue weighted by Crippen LogP contribution is 2.36. The molecule has 106 valence electrons. The summed E-state index contributed by atoms with van der Waals surface area (Å²) in [6, 6.07) is 7.14. The Bertz CT molecular complexity index is 772. The number of nitrogens with one attached hydrogen (secondary N) is 2. The van der Waals surface area contributed by atoms with E-state index in [1.54, 1.807) is 12.1 Å². The molecule has 1 aliphatic rings. The fourth-order valence-electron chi connectivity index (χ4n) is 2.09. The Morgan fingerprint density at radius 2 is 2.05 bits per heavy atom. The smallest absolute Gasteiger partial charge is 0.263 e. The third-order valence-corrected chi connectivity index (χ3v) is 7.12. The molecule has 0 saturated heterocycles. The first-order chi connectivity index (χ1) is 9.45. The van der Waals surface area contributed by atoms with Crippen LogP contribution in [-0.4, -0.2) is 15.0 Å². The maximum Gasteiger partial charge on any atom is 0.263 e. The molecule has 0 unspecified atom stereocenters. The maximum absolute atomic E-state index is 12.4. The predicted octanol–water partition coefficient (Wildman–Crippen LogP) is 4.04. The van der Waals surface area contributed by atoms with Gasteiger partial charge in [0.1, 0.15) is 4.90 Å². The first-order valence-electron chi connectivity index (χ1n) is 5.80. The second-order valence-electron chi connectivity index (χ2n) is 4.34. The molecule has 3 rings (SSSR count). The standard InChI is InChI=1S/C12H10Br2N2O2S2/c13-11-6-10(12(14)19-11)20(17,18)16-8-1-2-9-7(5-8)3-4-15-9/h1-2,5-6,15-16H,3-4H2. The Morgan fingerprint density at radius 3 is 2.75 bits per heavy atom. The monoisotopic (exact) mass is 436 g/mol. The topological polar surface area (TPSA) is 58.2 Å². The number of anilines is 2. The van der Waals surface area contributed by atoms with Crippen LogP contribution in [0.1, 0.15) is 5.56 Å². The van der Waals surface area contributed by atoms with E-state index in [0.29, 0.717) is 9.47 Å². The van der Waals surface area contributed by atoms with Crippen LogP contribution in [0, 0.1) is 0 Å². The number of thiophene rings is 1. The van der Waals surface area contributed by atoms with Crippen LogP contribution < -0.4 is 10.0 Å². The highest BCUT2D eigenvalue weighted by molar-refractivity contribution is 9.12. The number of fused-ring (bicyclic) bond motifs is 1. The number of halogens is 2. The third kappa shape index (κ3) is 2.74. The Morgan fingerprint density at radius 1 is 1.25 bits per heavy atom. The largest absolute Gasteiger partial charge is 0.384 e. The summed E-state index contributed by atoms with van der Waals surface area (Å²) in [5.41, 5.74) is 2.80. The molecule has 0 atom stereocenters. The van der Waals surface area contributed by atoms with Gasteiger partial charge in [-0.15, -0.1) is 11.3 Å². The predicted molar refractivity (Wildman–Crippen MR) is 89.2 cm³/mol. The summed E-state index contributed by atoms with van der Waals surface area (Å²) in [5, 5.41) is 3.25. The molecule has 4 nitrogen and oxygen atoms in total. The van der Waals surface area contributed by atoms with E-state index in [2.05, 4.69) is 41.9 Å². The Balaban J connectivity index is 1.92. The molecule has 2 N–H and O–H groups in total. The van der Waals surface area contributed by atoms with E-state index < -0.39 is 10.0 Å². The summed E-state index contributed by atoms with van der Waals surface area (Å²) in [5.74, 6) is 0. The molecule has 0 aliphatic carbocycles. The number of rotatable bonds is 3. The van der Waals surface area contributed by atoms with Crippen molar-refractivity contribution < 1.29 is 8.42 Å². The zero-order chi connectivity index (χ0) is 14.3. The van der Waals surface area contributed by atoms with Gasteiger partial charge in [-0.25, -0.2) is 8.42 Å². The van der Waals surface area contributed by atoms with Crippen LogP contribution in [0.4, 0.5) is 11.4 Å². The highest BCUT2D eigenvalue weighted by atomic mass is 79.9. The summed E-state index contributed by atoms with van der Waals surface area (Å²) in [7, 11) is -3.58. The molecule has 20 heavy (non-hydrogen) atoms. The minimum atomic E-state index is -3.58. The van der Waals surface area contributed by atoms with Crippen molar-refractivity contribution in [3.05, 3.63) is 37.4 Å². The highest BCUT2D eigenvalue weighted by Gasteiger charge is 2.21. The lowest BCUT2D eigenvalue weighted by atomic mass is 10.1. The molecule has 2 aromatic rings. The number of benzene rings is 1. The molecule has 0 radical (unpaired) electrons. The molecule has 1 aliphatic heterocycles. The lowest BCUT2D eigenvalue weighted by molar-refractivity contribution is 0.601. The van der Waals surface area contributed by atoms with E-state index in [1.807, 2.05) is 12.1 Å². The van der Waals surface area contributed by atoms with Crippen molar-refractivity contribution in [1.82, 2.24) is 0 Å². The van der Waals surface area contributed by atoms with E-state index in [1.165, 1.54) is 11.3 Å². The minimum absolute atomic E-state index is 0.244. The van der Waals surface area contributed by atoms with Gasteiger partial charge in [-0.2, -0.15) is 0 Å². The van der Waals surface area contributed by atoms with E-state index in [0.717, 1.165) is 28.0 Å². The van der Waals surface area contributed by atoms with Gasteiger partial charge >= 0.3 is 0 Å². The second-order valence-corrected chi connectivity index (χ2v) is 9.74. The van der Waals surface area contributed by atoms with E-state index in [4.69, 9.17) is 0 Å². The lowest BCUT2D eigenvalue weighted by Gasteiger charge is -2.08. The maximum atomic E-state index is 12.4. The molecule has 0 bridgehead atoms. The van der Waals surface area contributed by atoms with E-state index in [-0.39, 0.29) is 4.90 Å². The zero-order valence-electron chi connectivity index (χ0n) is 10.1. The minimum Gasteiger partial charge on any atom is -0.384 e. The van der Waals surface area contributed by atoms with Crippen molar-refractivity contribution in [1.29, 1.82) is 0 Å². The van der Waals surface area contributed by atoms with Crippen molar-refractivity contribution in [2.24, 2.45) is 0 Å². The molecule has 0 spiro atoms. The SMILES string of the molecule is O=S(=O)(Nc1ccc2c(c1)CCN2)c1cc(Br)sc1Br. The van der Waals surface area contributed by atoms with Gasteiger partial charge in [0.15, 0.2) is 0 Å². The van der Waals surface area contributed by atoms with Gasteiger partial charge in [0.05, 0.1) is 7.57 Å². The fourth-order valence-corrected chi connectivity index (χ4v) is 6.95. The molecule has 2 heterocycles. The van der Waals surface area contributed by atoms with Crippen molar-refractivity contribution in [3.8, 4) is 0 Å². The Hall–Kier alpha value is -0.570. The van der Waals surface area contributed by atoms with Crippen LogP contribution in [0.3, 0.4) is 0 Å². The first-order valence-corrected chi connectivity index (χ1v) is 9.69. The van der Waals surface area contributed by atoms with Crippen molar-refractivity contribution >= 4 is 64.6 Å². The van der Waals surface area contributed by atoms with Crippen LogP contribution in [0.25, 0.3) is 0 Å². The summed E-state index contributed by atoms with van der Waals surface area (Å²) in [6.07, 6.45) is 0.915. The van der Waals surface area contributed by atoms with Crippen molar-refractivity contribution in [2.45, 2.75) is 11.3 Å². The number of sulfonamides is 1. The number of hydrogen-bond acceptors (Lipinski definition) is 4. The van der Waals surface area contributed by atoms with Crippen LogP contribution in [0.5, 0.6) is 0 Å². The molecule has 1 aromatic heterocycles. The van der Waals surface area contributed by atoms with Crippen LogP contribution in [-0.2, 0) is 16.4 Å². The van der Waals surface area contributed by atoms with Gasteiger partial charge in [-0.05, 0) is 68.1 Å². The Kier molecular flexibility index (Phi) is 3.83. The first kappa shape index (κ1) is 14.4. The molecule has 0 amide bonds. The van der Waals surface area contributed by atoms with Gasteiger partial charge in [0.25, 0.3) is 10.0 Å². The van der Waals surface area contributed by atoms with Crippen molar-refractivity contribution in [2.75, 3.05) is 16.6 Å². The molecule has 0 fully saturated rings. The molecule has 1 aromatic carbocycles. The quantitative estimate of drug-likeness (QED) is 0.761. The molecular weight excluding hydrogens is 428 g/mol. The van der Waals surface area contributed by atoms with Gasteiger partial charge in [0.2, 0.25) is 0 Å². The normalized spacial score (nSPS) is 13.9. The Labute approximate surface area is 137 Å². The van der Waals surface area contributed by atoms with Gasteiger partial charge in [-0.3, -0.25) is 4.72 Å². The summed E-state index contributed by atoms with van der Waals surface area (Å²) in [6.45, 7) is 0.897. The van der Waals surface area contributed by atoms with Crippen LogP contribution in [0.15, 0.2) is 36.7 Å². The van der Waals surface area contributed by atoms with Crippen LogP contribution in [0.2, 0.25) is 0 Å². The average Bonchev–Trinajstić information content (AvgIpc) is 2.94. The summed E-state index contributed by atoms with van der Waals surface area (Å²) < 4.78 is 28.7. The van der Waals surface area contributed by atoms with E-state index in [9.17, 15) is 8.42 Å². The zero-order valence-corrected chi connectivity index (χ0v) is 14.9. The van der Waals surface area contributed by atoms with Crippen LogP contribution >= 0.6 is 43.2 Å². The second kappa shape index (κ2) is 5.32. The average molecular weight is 438 g/mol. The fraction of sp³-hybridized carbons (Fsp3) is 0.167. The van der Waals surface area contributed by atoms with Gasteiger partial charge < -0.3 is 5.32 Å². The van der Waals surface area contributed by atoms with E-state index >= 15 is 0 Å². The molecule has 8 heteroatoms. The number of hydrogen-bond donors (Lipinski definition) is 2. The molecule has 0 saturated carbocycles. The van der Waals surface area contributed by atoms with Gasteiger partial charge in [0, 0.05) is 17.9 Å². The lowest BCUT2D eigenvalue weighted by Crippen LogP contribution is -2.12. The molecular formula is C12H10Br2N2O2S2.